The van der Waals surface area contributed by atoms with E-state index in [-0.39, 0.29) is 6.04 Å². The Kier molecular flexibility index (Phi) is 4.91. The first-order chi connectivity index (χ1) is 7.15. The average molecular weight is 225 g/mol. The van der Waals surface area contributed by atoms with Crippen LogP contribution in [0, 0.1) is 0 Å². The minimum atomic E-state index is 0.00977. The minimum Gasteiger partial charge on any atom is -0.373 e. The first-order valence-electron chi connectivity index (χ1n) is 5.06. The van der Waals surface area contributed by atoms with Gasteiger partial charge in [-0.25, -0.2) is 0 Å². The van der Waals surface area contributed by atoms with Crippen molar-refractivity contribution in [2.24, 2.45) is 5.73 Å². The molecule has 0 saturated heterocycles. The number of pyridine rings is 1. The fourth-order valence-corrected chi connectivity index (χ4v) is 1.71. The summed E-state index contributed by atoms with van der Waals surface area (Å²) in [5.74, 6) is 1.13. The number of hydrogen-bond donors (Lipinski definition) is 1. The predicted octanol–water partition coefficient (Wildman–Crippen LogP) is 1.90. The summed E-state index contributed by atoms with van der Waals surface area (Å²) in [5, 5.41) is 0. The summed E-state index contributed by atoms with van der Waals surface area (Å²) in [6, 6.07) is 4.08. The molecule has 0 aliphatic heterocycles. The monoisotopic (exact) mass is 225 g/mol. The highest BCUT2D eigenvalue weighted by molar-refractivity contribution is 7.98. The van der Waals surface area contributed by atoms with Crippen molar-refractivity contribution in [3.63, 3.8) is 0 Å². The molecule has 15 heavy (non-hydrogen) atoms. The lowest BCUT2D eigenvalue weighted by atomic mass is 10.2. The molecule has 1 aromatic rings. The molecular weight excluding hydrogens is 206 g/mol. The fourth-order valence-electron chi connectivity index (χ4n) is 1.25. The first-order valence-corrected chi connectivity index (χ1v) is 6.46. The van der Waals surface area contributed by atoms with E-state index in [1.54, 1.807) is 0 Å². The van der Waals surface area contributed by atoms with Gasteiger partial charge in [-0.05, 0) is 25.3 Å². The van der Waals surface area contributed by atoms with Crippen molar-refractivity contribution in [2.45, 2.75) is 13.0 Å². The summed E-state index contributed by atoms with van der Waals surface area (Å²) in [6.07, 6.45) is 4.00. The van der Waals surface area contributed by atoms with Gasteiger partial charge < -0.3 is 10.6 Å². The Hall–Kier alpha value is -0.740. The third-order valence-corrected chi connectivity index (χ3v) is 2.90. The number of nitrogens with two attached hydrogens (primary N) is 1. The number of rotatable bonds is 5. The zero-order chi connectivity index (χ0) is 11.3. The van der Waals surface area contributed by atoms with Gasteiger partial charge >= 0.3 is 0 Å². The molecule has 0 amide bonds. The highest BCUT2D eigenvalue weighted by Crippen LogP contribution is 2.14. The Morgan fingerprint density at radius 1 is 1.53 bits per heavy atom. The summed E-state index contributed by atoms with van der Waals surface area (Å²) in [4.78, 5) is 6.54. The topological polar surface area (TPSA) is 42.1 Å². The van der Waals surface area contributed by atoms with Crippen LogP contribution in [-0.2, 0) is 0 Å². The van der Waals surface area contributed by atoms with Crippen molar-refractivity contribution in [1.82, 2.24) is 4.98 Å². The number of hydrogen-bond acceptors (Lipinski definition) is 4. The molecule has 0 spiro atoms. The zero-order valence-corrected chi connectivity index (χ0v) is 10.4. The molecule has 0 aliphatic carbocycles. The van der Waals surface area contributed by atoms with E-state index in [1.807, 2.05) is 30.9 Å². The Morgan fingerprint density at radius 2 is 2.27 bits per heavy atom. The molecule has 3 nitrogen and oxygen atoms in total. The van der Waals surface area contributed by atoms with E-state index >= 15 is 0 Å². The lowest BCUT2D eigenvalue weighted by Crippen LogP contribution is -2.20. The van der Waals surface area contributed by atoms with E-state index in [4.69, 9.17) is 5.73 Å². The smallest absolute Gasteiger partial charge is 0.0569 e. The summed E-state index contributed by atoms with van der Waals surface area (Å²) in [7, 11) is 2.08. The number of nitrogens with zero attached hydrogens (tertiary/aromatic N) is 2. The van der Waals surface area contributed by atoms with Gasteiger partial charge in [-0.15, -0.1) is 0 Å². The highest BCUT2D eigenvalue weighted by atomic mass is 32.2. The van der Waals surface area contributed by atoms with E-state index in [2.05, 4.69) is 29.3 Å². The van der Waals surface area contributed by atoms with Crippen LogP contribution in [0.2, 0.25) is 0 Å². The van der Waals surface area contributed by atoms with Crippen molar-refractivity contribution in [2.75, 3.05) is 30.5 Å². The second kappa shape index (κ2) is 5.98. The van der Waals surface area contributed by atoms with Crippen LogP contribution < -0.4 is 10.6 Å². The molecule has 0 fully saturated rings. The molecule has 0 radical (unpaired) electrons. The lowest BCUT2D eigenvalue weighted by molar-refractivity contribution is 0.779. The van der Waals surface area contributed by atoms with Crippen molar-refractivity contribution >= 4 is 17.4 Å². The number of aromatic nitrogens is 1. The quantitative estimate of drug-likeness (QED) is 0.831. The van der Waals surface area contributed by atoms with Gasteiger partial charge in [0.2, 0.25) is 0 Å². The van der Waals surface area contributed by atoms with Crippen molar-refractivity contribution in [1.29, 1.82) is 0 Å². The van der Waals surface area contributed by atoms with Crippen LogP contribution in [0.5, 0.6) is 0 Å². The second-order valence-electron chi connectivity index (χ2n) is 3.64. The SMILES string of the molecule is CSCCN(C)c1ccc([C@@H](C)N)nc1. The molecule has 4 heteroatoms. The molecule has 1 rings (SSSR count). The fraction of sp³-hybridized carbons (Fsp3) is 0.545. The third-order valence-electron chi connectivity index (χ3n) is 2.31. The van der Waals surface area contributed by atoms with Gasteiger partial charge in [0.05, 0.1) is 17.6 Å². The largest absolute Gasteiger partial charge is 0.373 e. The van der Waals surface area contributed by atoms with E-state index < -0.39 is 0 Å². The maximum Gasteiger partial charge on any atom is 0.0569 e. The summed E-state index contributed by atoms with van der Waals surface area (Å²) < 4.78 is 0. The molecule has 1 aromatic heterocycles. The van der Waals surface area contributed by atoms with Crippen LogP contribution in [0.1, 0.15) is 18.7 Å². The van der Waals surface area contributed by atoms with E-state index in [0.29, 0.717) is 0 Å². The van der Waals surface area contributed by atoms with Gasteiger partial charge in [0.1, 0.15) is 0 Å². The van der Waals surface area contributed by atoms with Gasteiger partial charge in [0, 0.05) is 25.4 Å². The van der Waals surface area contributed by atoms with E-state index in [0.717, 1.165) is 23.7 Å². The molecular formula is C11H19N3S. The Bertz CT molecular complexity index is 284. The van der Waals surface area contributed by atoms with Crippen LogP contribution in [0.4, 0.5) is 5.69 Å². The van der Waals surface area contributed by atoms with Crippen LogP contribution in [-0.4, -0.2) is 30.6 Å². The molecule has 84 valence electrons. The maximum atomic E-state index is 5.74. The van der Waals surface area contributed by atoms with Crippen molar-refractivity contribution < 1.29 is 0 Å². The van der Waals surface area contributed by atoms with Gasteiger partial charge in [-0.3, -0.25) is 4.98 Å². The summed E-state index contributed by atoms with van der Waals surface area (Å²) in [5.41, 5.74) is 7.83. The van der Waals surface area contributed by atoms with Gasteiger partial charge in [-0.2, -0.15) is 11.8 Å². The zero-order valence-electron chi connectivity index (χ0n) is 9.60. The van der Waals surface area contributed by atoms with Crippen LogP contribution >= 0.6 is 11.8 Å². The number of thioether (sulfide) groups is 1. The molecule has 2 N–H and O–H groups in total. The maximum absolute atomic E-state index is 5.74. The van der Waals surface area contributed by atoms with Crippen LogP contribution in [0.15, 0.2) is 18.3 Å². The third kappa shape index (κ3) is 3.72. The first kappa shape index (κ1) is 12.3. The Labute approximate surface area is 96.1 Å². The van der Waals surface area contributed by atoms with Crippen molar-refractivity contribution in [3.05, 3.63) is 24.0 Å². The molecule has 0 aromatic carbocycles. The minimum absolute atomic E-state index is 0.00977. The molecule has 0 bridgehead atoms. The highest BCUT2D eigenvalue weighted by Gasteiger charge is 2.03. The molecule has 0 saturated carbocycles. The van der Waals surface area contributed by atoms with Gasteiger partial charge in [0.15, 0.2) is 0 Å². The van der Waals surface area contributed by atoms with E-state index in [9.17, 15) is 0 Å². The Morgan fingerprint density at radius 3 is 2.73 bits per heavy atom. The molecule has 0 unspecified atom stereocenters. The van der Waals surface area contributed by atoms with Crippen LogP contribution in [0.25, 0.3) is 0 Å². The lowest BCUT2D eigenvalue weighted by Gasteiger charge is -2.18. The average Bonchev–Trinajstić information content (AvgIpc) is 2.26. The van der Waals surface area contributed by atoms with E-state index in [1.165, 1.54) is 0 Å². The predicted molar refractivity (Wildman–Crippen MR) is 68.5 cm³/mol. The normalized spacial score (nSPS) is 12.5. The molecule has 0 aliphatic rings. The van der Waals surface area contributed by atoms with Gasteiger partial charge in [0.25, 0.3) is 0 Å². The number of anilines is 1. The van der Waals surface area contributed by atoms with Gasteiger partial charge in [-0.1, -0.05) is 0 Å². The summed E-state index contributed by atoms with van der Waals surface area (Å²) in [6.45, 7) is 2.99. The molecule has 1 atom stereocenters. The standard InChI is InChI=1S/C11H19N3S/c1-9(12)11-5-4-10(8-13-11)14(2)6-7-15-3/h4-5,8-9H,6-7,12H2,1-3H3/t9-/m1/s1. The Balaban J connectivity index is 2.62. The van der Waals surface area contributed by atoms with Crippen molar-refractivity contribution in [3.8, 4) is 0 Å². The van der Waals surface area contributed by atoms with Crippen LogP contribution in [0.3, 0.4) is 0 Å². The molecule has 1 heterocycles. The second-order valence-corrected chi connectivity index (χ2v) is 4.63. The summed E-state index contributed by atoms with van der Waals surface area (Å²) >= 11 is 1.85.